The van der Waals surface area contributed by atoms with Crippen molar-refractivity contribution >= 4 is 17.5 Å². The molecule has 0 spiro atoms. The van der Waals surface area contributed by atoms with Crippen molar-refractivity contribution in [3.63, 3.8) is 0 Å². The van der Waals surface area contributed by atoms with Gasteiger partial charge in [-0.2, -0.15) is 0 Å². The monoisotopic (exact) mass is 268 g/mol. The molecule has 0 atom stereocenters. The lowest BCUT2D eigenvalue weighted by Gasteiger charge is -2.17. The fourth-order valence-electron chi connectivity index (χ4n) is 2.07. The Morgan fingerprint density at radius 2 is 2.11 bits per heavy atom. The highest BCUT2D eigenvalue weighted by Crippen LogP contribution is 2.28. The molecule has 2 N–H and O–H groups in total. The van der Waals surface area contributed by atoms with Crippen molar-refractivity contribution < 1.29 is 9.53 Å². The van der Waals surface area contributed by atoms with Gasteiger partial charge in [0.25, 0.3) is 5.91 Å². The van der Waals surface area contributed by atoms with Crippen molar-refractivity contribution in [2.24, 2.45) is 5.73 Å². The van der Waals surface area contributed by atoms with Gasteiger partial charge in [-0.05, 0) is 18.9 Å². The van der Waals surface area contributed by atoms with E-state index in [1.54, 1.807) is 6.07 Å². The van der Waals surface area contributed by atoms with E-state index in [1.807, 2.05) is 17.0 Å². The van der Waals surface area contributed by atoms with Crippen LogP contribution >= 0.6 is 11.6 Å². The maximum atomic E-state index is 11.9. The molecule has 1 aromatic rings. The number of para-hydroxylation sites is 1. The largest absolute Gasteiger partial charge is 0.482 e. The molecule has 1 aliphatic heterocycles. The van der Waals surface area contributed by atoms with E-state index >= 15 is 0 Å². The van der Waals surface area contributed by atoms with Gasteiger partial charge in [-0.25, -0.2) is 0 Å². The lowest BCUT2D eigenvalue weighted by atomic mass is 10.2. The second-order valence-electron chi connectivity index (χ2n) is 4.31. The summed E-state index contributed by atoms with van der Waals surface area (Å²) in [5.41, 5.74) is 6.43. The van der Waals surface area contributed by atoms with E-state index in [-0.39, 0.29) is 12.5 Å². The summed E-state index contributed by atoms with van der Waals surface area (Å²) in [6.45, 7) is 2.02. The molecule has 4 nitrogen and oxygen atoms in total. The third kappa shape index (κ3) is 2.94. The van der Waals surface area contributed by atoms with Crippen LogP contribution in [0.25, 0.3) is 0 Å². The van der Waals surface area contributed by atoms with Crippen LogP contribution in [0.15, 0.2) is 18.2 Å². The third-order valence-electron chi connectivity index (χ3n) is 3.07. The van der Waals surface area contributed by atoms with E-state index in [0.717, 1.165) is 31.5 Å². The second-order valence-corrected chi connectivity index (χ2v) is 4.72. The Balaban J connectivity index is 1.99. The Hall–Kier alpha value is -1.26. The molecular weight excluding hydrogens is 252 g/mol. The summed E-state index contributed by atoms with van der Waals surface area (Å²) in [6.07, 6.45) is 2.15. The molecule has 1 saturated heterocycles. The van der Waals surface area contributed by atoms with Crippen molar-refractivity contribution in [3.05, 3.63) is 28.8 Å². The summed E-state index contributed by atoms with van der Waals surface area (Å²) in [5.74, 6) is 0.532. The number of benzene rings is 1. The van der Waals surface area contributed by atoms with Crippen molar-refractivity contribution in [1.82, 2.24) is 4.90 Å². The van der Waals surface area contributed by atoms with E-state index in [1.165, 1.54) is 0 Å². The van der Waals surface area contributed by atoms with E-state index < -0.39 is 0 Å². The summed E-state index contributed by atoms with van der Waals surface area (Å²) in [4.78, 5) is 13.7. The molecule has 2 rings (SSSR count). The molecule has 0 radical (unpaired) electrons. The molecule has 1 aromatic carbocycles. The number of amides is 1. The van der Waals surface area contributed by atoms with Gasteiger partial charge in [-0.1, -0.05) is 23.7 Å². The summed E-state index contributed by atoms with van der Waals surface area (Å²) in [5, 5.41) is 0.493. The standard InChI is InChI=1S/C13H17ClN2O2/c14-11-5-3-4-10(8-15)13(11)18-9-12(17)16-6-1-2-7-16/h3-5H,1-2,6-9,15H2. The average molecular weight is 269 g/mol. The zero-order chi connectivity index (χ0) is 13.0. The van der Waals surface area contributed by atoms with Crippen molar-refractivity contribution in [1.29, 1.82) is 0 Å². The Labute approximate surface area is 112 Å². The predicted octanol–water partition coefficient (Wildman–Crippen LogP) is 1.80. The first-order valence-electron chi connectivity index (χ1n) is 6.10. The number of likely N-dealkylation sites (tertiary alicyclic amines) is 1. The second kappa shape index (κ2) is 6.07. The highest BCUT2D eigenvalue weighted by molar-refractivity contribution is 6.32. The molecule has 1 heterocycles. The minimum absolute atomic E-state index is 0.00962. The number of nitrogens with zero attached hydrogens (tertiary/aromatic N) is 1. The summed E-state index contributed by atoms with van der Waals surface area (Å²) in [7, 11) is 0. The van der Waals surface area contributed by atoms with Crippen LogP contribution in [0.2, 0.25) is 5.02 Å². The number of hydrogen-bond donors (Lipinski definition) is 1. The minimum atomic E-state index is 0.00962. The highest BCUT2D eigenvalue weighted by atomic mass is 35.5. The summed E-state index contributed by atoms with van der Waals surface area (Å²) >= 11 is 6.05. The fourth-order valence-corrected chi connectivity index (χ4v) is 2.32. The molecule has 18 heavy (non-hydrogen) atoms. The van der Waals surface area contributed by atoms with Gasteiger partial charge in [0.2, 0.25) is 0 Å². The number of nitrogens with two attached hydrogens (primary N) is 1. The van der Waals surface area contributed by atoms with Crippen LogP contribution in [-0.2, 0) is 11.3 Å². The number of rotatable bonds is 4. The van der Waals surface area contributed by atoms with Gasteiger partial charge in [0.1, 0.15) is 5.75 Å². The number of halogens is 1. The average Bonchev–Trinajstić information content (AvgIpc) is 2.90. The lowest BCUT2D eigenvalue weighted by molar-refractivity contribution is -0.132. The number of carbonyl (C=O) groups excluding carboxylic acids is 1. The third-order valence-corrected chi connectivity index (χ3v) is 3.36. The van der Waals surface area contributed by atoms with Crippen molar-refractivity contribution in [2.45, 2.75) is 19.4 Å². The zero-order valence-corrected chi connectivity index (χ0v) is 10.9. The number of carbonyl (C=O) groups is 1. The molecular formula is C13H17ClN2O2. The lowest BCUT2D eigenvalue weighted by Crippen LogP contribution is -2.32. The highest BCUT2D eigenvalue weighted by Gasteiger charge is 2.19. The zero-order valence-electron chi connectivity index (χ0n) is 10.2. The van der Waals surface area contributed by atoms with E-state index in [0.29, 0.717) is 17.3 Å². The molecule has 0 aromatic heterocycles. The predicted molar refractivity (Wildman–Crippen MR) is 70.7 cm³/mol. The van der Waals surface area contributed by atoms with Gasteiger partial charge >= 0.3 is 0 Å². The van der Waals surface area contributed by atoms with Gasteiger partial charge in [-0.3, -0.25) is 4.79 Å². The SMILES string of the molecule is NCc1cccc(Cl)c1OCC(=O)N1CCCC1. The van der Waals surface area contributed by atoms with Crippen LogP contribution < -0.4 is 10.5 Å². The van der Waals surface area contributed by atoms with Crippen molar-refractivity contribution in [3.8, 4) is 5.75 Å². The minimum Gasteiger partial charge on any atom is -0.482 e. The maximum absolute atomic E-state index is 11.9. The Bertz CT molecular complexity index is 431. The fraction of sp³-hybridized carbons (Fsp3) is 0.462. The number of hydrogen-bond acceptors (Lipinski definition) is 3. The van der Waals surface area contributed by atoms with E-state index in [9.17, 15) is 4.79 Å². The molecule has 1 amide bonds. The van der Waals surface area contributed by atoms with Crippen LogP contribution in [0, 0.1) is 0 Å². The van der Waals surface area contributed by atoms with Crippen molar-refractivity contribution in [2.75, 3.05) is 19.7 Å². The van der Waals surface area contributed by atoms with Gasteiger partial charge < -0.3 is 15.4 Å². The molecule has 98 valence electrons. The quantitative estimate of drug-likeness (QED) is 0.906. The molecule has 0 saturated carbocycles. The van der Waals surface area contributed by atoms with Gasteiger partial charge in [0.15, 0.2) is 6.61 Å². The topological polar surface area (TPSA) is 55.6 Å². The maximum Gasteiger partial charge on any atom is 0.260 e. The molecule has 1 fully saturated rings. The molecule has 0 bridgehead atoms. The molecule has 0 unspecified atom stereocenters. The van der Waals surface area contributed by atoms with Gasteiger partial charge in [0, 0.05) is 25.2 Å². The number of ether oxygens (including phenoxy) is 1. The van der Waals surface area contributed by atoms with Crippen LogP contribution in [0.5, 0.6) is 5.75 Å². The first-order valence-corrected chi connectivity index (χ1v) is 6.48. The van der Waals surface area contributed by atoms with Crippen LogP contribution in [0.3, 0.4) is 0 Å². The van der Waals surface area contributed by atoms with E-state index in [4.69, 9.17) is 22.1 Å². The molecule has 0 aliphatic carbocycles. The Kier molecular flexibility index (Phi) is 4.44. The first-order chi connectivity index (χ1) is 8.72. The van der Waals surface area contributed by atoms with Crippen LogP contribution in [0.1, 0.15) is 18.4 Å². The van der Waals surface area contributed by atoms with E-state index in [2.05, 4.69) is 0 Å². The Morgan fingerprint density at radius 1 is 1.39 bits per heavy atom. The van der Waals surface area contributed by atoms with Crippen LogP contribution in [0.4, 0.5) is 0 Å². The smallest absolute Gasteiger partial charge is 0.260 e. The van der Waals surface area contributed by atoms with Gasteiger partial charge in [-0.15, -0.1) is 0 Å². The molecule has 5 heteroatoms. The Morgan fingerprint density at radius 3 is 2.78 bits per heavy atom. The summed E-state index contributed by atoms with van der Waals surface area (Å²) < 4.78 is 5.53. The first kappa shape index (κ1) is 13.2. The van der Waals surface area contributed by atoms with Crippen LogP contribution in [-0.4, -0.2) is 30.5 Å². The summed E-state index contributed by atoms with van der Waals surface area (Å²) in [6, 6.07) is 5.40. The van der Waals surface area contributed by atoms with Gasteiger partial charge in [0.05, 0.1) is 5.02 Å². The normalized spacial score (nSPS) is 14.9. The molecule has 1 aliphatic rings.